The van der Waals surface area contributed by atoms with Crippen molar-refractivity contribution >= 4 is 42.5 Å². The van der Waals surface area contributed by atoms with Crippen LogP contribution in [0.5, 0.6) is 0 Å². The van der Waals surface area contributed by atoms with Gasteiger partial charge in [0.1, 0.15) is 0 Å². The third-order valence-corrected chi connectivity index (χ3v) is 6.63. The second-order valence-corrected chi connectivity index (χ2v) is 9.22. The maximum absolute atomic E-state index is 11.8. The van der Waals surface area contributed by atoms with Gasteiger partial charge in [-0.15, -0.1) is 0 Å². The Morgan fingerprint density at radius 3 is 2.86 bits per heavy atom. The molecule has 2 aromatic rings. The molecule has 1 fully saturated rings. The average Bonchev–Trinajstić information content (AvgIpc) is 2.79. The number of aromatic amines is 1. The van der Waals surface area contributed by atoms with Gasteiger partial charge in [-0.3, -0.25) is 4.79 Å². The quantitative estimate of drug-likeness (QED) is 0.824. The van der Waals surface area contributed by atoms with Gasteiger partial charge in [-0.05, 0) is 49.8 Å². The van der Waals surface area contributed by atoms with Crippen molar-refractivity contribution in [2.24, 2.45) is 5.92 Å². The molecule has 0 amide bonds. The lowest BCUT2D eigenvalue weighted by Gasteiger charge is -2.21. The minimum Gasteiger partial charge on any atom is -0.360 e. The van der Waals surface area contributed by atoms with Gasteiger partial charge in [0.2, 0.25) is 0 Å². The van der Waals surface area contributed by atoms with Gasteiger partial charge in [-0.25, -0.2) is 8.42 Å². The van der Waals surface area contributed by atoms with Gasteiger partial charge in [-0.1, -0.05) is 15.9 Å². The molecule has 1 unspecified atom stereocenters. The van der Waals surface area contributed by atoms with Crippen molar-refractivity contribution in [2.45, 2.75) is 26.2 Å². The topological polar surface area (TPSA) is 67.0 Å². The van der Waals surface area contributed by atoms with Gasteiger partial charge < -0.3 is 4.98 Å². The Morgan fingerprint density at radius 2 is 2.18 bits per heavy atom. The zero-order valence-corrected chi connectivity index (χ0v) is 14.8. The number of Topliss-reactive ketones (excluding diaryl/α,β-unsaturated/α-hetero) is 1. The van der Waals surface area contributed by atoms with Crippen LogP contribution in [0, 0.1) is 5.92 Å². The van der Waals surface area contributed by atoms with Crippen LogP contribution in [-0.4, -0.2) is 30.7 Å². The van der Waals surface area contributed by atoms with E-state index in [9.17, 15) is 13.2 Å². The highest BCUT2D eigenvalue weighted by molar-refractivity contribution is 9.10. The van der Waals surface area contributed by atoms with Crippen LogP contribution in [0.4, 0.5) is 0 Å². The number of halogens is 1. The third kappa shape index (κ3) is 3.13. The SMILES string of the molecule is CC(=O)c1cc(Br)cc2c(CC3CCCS(=O)(=O)C3)c[nH]c12. The number of H-pyrrole nitrogens is 1. The number of fused-ring (bicyclic) bond motifs is 1. The zero-order valence-electron chi connectivity index (χ0n) is 12.4. The number of benzene rings is 1. The highest BCUT2D eigenvalue weighted by Crippen LogP contribution is 2.30. The standard InChI is InChI=1S/C16H18BrNO3S/c1-10(19)14-6-13(17)7-15-12(8-18-16(14)15)5-11-3-2-4-22(20,21)9-11/h6-8,11,18H,2-5,9H2,1H3. The van der Waals surface area contributed by atoms with Crippen LogP contribution < -0.4 is 0 Å². The fourth-order valence-corrected chi connectivity index (χ4v) is 5.52. The number of carbonyl (C=O) groups is 1. The van der Waals surface area contributed by atoms with Crippen molar-refractivity contribution in [3.63, 3.8) is 0 Å². The molecule has 0 bridgehead atoms. The smallest absolute Gasteiger partial charge is 0.161 e. The summed E-state index contributed by atoms with van der Waals surface area (Å²) in [6.45, 7) is 1.55. The Kier molecular flexibility index (Phi) is 4.16. The number of hydrogen-bond donors (Lipinski definition) is 1. The molecule has 1 saturated heterocycles. The van der Waals surface area contributed by atoms with E-state index in [0.717, 1.165) is 40.2 Å². The Bertz CT molecular complexity index is 838. The molecule has 1 N–H and O–H groups in total. The molecule has 1 atom stereocenters. The van der Waals surface area contributed by atoms with Crippen LogP contribution in [0.1, 0.15) is 35.7 Å². The molecule has 1 aromatic heterocycles. The van der Waals surface area contributed by atoms with Crippen LogP contribution in [0.25, 0.3) is 10.9 Å². The number of sulfone groups is 1. The van der Waals surface area contributed by atoms with Crippen molar-refractivity contribution in [2.75, 3.05) is 11.5 Å². The van der Waals surface area contributed by atoms with Crippen LogP contribution >= 0.6 is 15.9 Å². The molecule has 3 rings (SSSR count). The van der Waals surface area contributed by atoms with E-state index in [2.05, 4.69) is 20.9 Å². The summed E-state index contributed by atoms with van der Waals surface area (Å²) >= 11 is 3.45. The number of aromatic nitrogens is 1. The van der Waals surface area contributed by atoms with E-state index in [0.29, 0.717) is 11.3 Å². The average molecular weight is 384 g/mol. The summed E-state index contributed by atoms with van der Waals surface area (Å²) in [4.78, 5) is 15.0. The molecule has 22 heavy (non-hydrogen) atoms. The van der Waals surface area contributed by atoms with E-state index in [1.807, 2.05) is 18.3 Å². The minimum atomic E-state index is -2.89. The molecule has 0 aliphatic carbocycles. The van der Waals surface area contributed by atoms with Crippen molar-refractivity contribution in [1.29, 1.82) is 0 Å². The second kappa shape index (κ2) is 5.81. The number of ketones is 1. The summed E-state index contributed by atoms with van der Waals surface area (Å²) < 4.78 is 24.4. The van der Waals surface area contributed by atoms with E-state index >= 15 is 0 Å². The summed E-state index contributed by atoms with van der Waals surface area (Å²) in [5, 5.41) is 1.00. The lowest BCUT2D eigenvalue weighted by atomic mass is 9.95. The second-order valence-electron chi connectivity index (χ2n) is 6.07. The highest BCUT2D eigenvalue weighted by Gasteiger charge is 2.25. The predicted octanol–water partition coefficient (Wildman–Crippen LogP) is 3.50. The molecule has 2 heterocycles. The molecule has 4 nitrogen and oxygen atoms in total. The van der Waals surface area contributed by atoms with Crippen molar-refractivity contribution in [3.05, 3.63) is 33.9 Å². The van der Waals surface area contributed by atoms with Gasteiger partial charge in [0.15, 0.2) is 15.6 Å². The molecule has 0 radical (unpaired) electrons. The zero-order chi connectivity index (χ0) is 15.9. The monoisotopic (exact) mass is 383 g/mol. The van der Waals surface area contributed by atoms with E-state index < -0.39 is 9.84 Å². The lowest BCUT2D eigenvalue weighted by molar-refractivity contribution is 0.101. The minimum absolute atomic E-state index is 0.0138. The highest BCUT2D eigenvalue weighted by atomic mass is 79.9. The van der Waals surface area contributed by atoms with E-state index in [-0.39, 0.29) is 17.5 Å². The lowest BCUT2D eigenvalue weighted by Crippen LogP contribution is -2.26. The first-order valence-electron chi connectivity index (χ1n) is 7.36. The molecule has 1 aliphatic rings. The number of rotatable bonds is 3. The molecule has 1 aromatic carbocycles. The van der Waals surface area contributed by atoms with Crippen LogP contribution in [0.3, 0.4) is 0 Å². The van der Waals surface area contributed by atoms with Gasteiger partial charge in [0.25, 0.3) is 0 Å². The van der Waals surface area contributed by atoms with Gasteiger partial charge in [0.05, 0.1) is 17.0 Å². The van der Waals surface area contributed by atoms with Crippen LogP contribution in [0.2, 0.25) is 0 Å². The van der Waals surface area contributed by atoms with Crippen LogP contribution in [0.15, 0.2) is 22.8 Å². The van der Waals surface area contributed by atoms with Crippen molar-refractivity contribution < 1.29 is 13.2 Å². The summed E-state index contributed by atoms with van der Waals surface area (Å²) in [7, 11) is -2.89. The fraction of sp³-hybridized carbons (Fsp3) is 0.438. The summed E-state index contributed by atoms with van der Waals surface area (Å²) in [5.41, 5.74) is 2.58. The van der Waals surface area contributed by atoms with Crippen molar-refractivity contribution in [1.82, 2.24) is 4.98 Å². The first kappa shape index (κ1) is 15.7. The molecular formula is C16H18BrNO3S. The summed E-state index contributed by atoms with van der Waals surface area (Å²) in [5.74, 6) is 0.766. The molecule has 118 valence electrons. The fourth-order valence-electron chi connectivity index (χ4n) is 3.29. The first-order valence-corrected chi connectivity index (χ1v) is 9.98. The molecular weight excluding hydrogens is 366 g/mol. The Morgan fingerprint density at radius 1 is 1.41 bits per heavy atom. The molecule has 0 spiro atoms. The normalized spacial score (nSPS) is 21.1. The predicted molar refractivity (Wildman–Crippen MR) is 91.1 cm³/mol. The Hall–Kier alpha value is -1.14. The number of nitrogens with one attached hydrogen (secondary N) is 1. The number of carbonyl (C=O) groups excluding carboxylic acids is 1. The summed E-state index contributed by atoms with van der Waals surface area (Å²) in [6.07, 6.45) is 4.33. The maximum atomic E-state index is 11.8. The van der Waals surface area contributed by atoms with Gasteiger partial charge >= 0.3 is 0 Å². The van der Waals surface area contributed by atoms with Gasteiger partial charge in [-0.2, -0.15) is 0 Å². The molecule has 6 heteroatoms. The third-order valence-electron chi connectivity index (χ3n) is 4.29. The summed E-state index contributed by atoms with van der Waals surface area (Å²) in [6, 6.07) is 3.81. The largest absolute Gasteiger partial charge is 0.360 e. The van der Waals surface area contributed by atoms with E-state index in [1.54, 1.807) is 6.92 Å². The Labute approximate surface area is 138 Å². The maximum Gasteiger partial charge on any atom is 0.161 e. The van der Waals surface area contributed by atoms with E-state index in [1.165, 1.54) is 0 Å². The molecule has 1 aliphatic heterocycles. The molecule has 0 saturated carbocycles. The van der Waals surface area contributed by atoms with Crippen molar-refractivity contribution in [3.8, 4) is 0 Å². The first-order chi connectivity index (χ1) is 10.4. The van der Waals surface area contributed by atoms with E-state index in [4.69, 9.17) is 0 Å². The van der Waals surface area contributed by atoms with Crippen LogP contribution in [-0.2, 0) is 16.3 Å². The Balaban J connectivity index is 1.97. The van der Waals surface area contributed by atoms with Gasteiger partial charge in [0, 0.05) is 21.6 Å². The number of hydrogen-bond acceptors (Lipinski definition) is 3.